The molecule has 0 aromatic carbocycles. The molecule has 100 valence electrons. The molecule has 0 saturated heterocycles. The van der Waals surface area contributed by atoms with Crippen LogP contribution in [-0.4, -0.2) is 30.2 Å². The third-order valence-electron chi connectivity index (χ3n) is 2.36. The van der Waals surface area contributed by atoms with Crippen molar-refractivity contribution in [2.24, 2.45) is 5.92 Å². The van der Waals surface area contributed by atoms with E-state index in [0.717, 1.165) is 0 Å². The molecule has 0 spiro atoms. The maximum Gasteiger partial charge on any atom is 0.328 e. The highest BCUT2D eigenvalue weighted by Crippen LogP contribution is 2.08. The predicted molar refractivity (Wildman–Crippen MR) is 64.0 cm³/mol. The molecule has 6 nitrogen and oxygen atoms in total. The van der Waals surface area contributed by atoms with Crippen LogP contribution in [0.25, 0.3) is 0 Å². The number of rotatable bonds is 5. The standard InChI is InChI=1S/C12H18N2O4/c1-7(2)5-10(12(16)17-4)13-11(15)9-6-8(3)18-14-9/h6-7,10H,5H2,1-4H3,(H,13,15)/t10-/m1/s1. The van der Waals surface area contributed by atoms with Gasteiger partial charge in [0, 0.05) is 6.07 Å². The number of carbonyl (C=O) groups is 2. The lowest BCUT2D eigenvalue weighted by Gasteiger charge is -2.17. The fraction of sp³-hybridized carbons (Fsp3) is 0.583. The van der Waals surface area contributed by atoms with Crippen LogP contribution in [0.3, 0.4) is 0 Å². The number of ether oxygens (including phenoxy) is 1. The SMILES string of the molecule is COC(=O)[C@@H](CC(C)C)NC(=O)c1cc(C)on1. The van der Waals surface area contributed by atoms with Crippen molar-refractivity contribution in [1.29, 1.82) is 0 Å². The molecule has 0 aliphatic carbocycles. The highest BCUT2D eigenvalue weighted by molar-refractivity contribution is 5.95. The minimum absolute atomic E-state index is 0.158. The Morgan fingerprint density at radius 1 is 1.50 bits per heavy atom. The molecule has 0 fully saturated rings. The van der Waals surface area contributed by atoms with E-state index >= 15 is 0 Å². The third-order valence-corrected chi connectivity index (χ3v) is 2.36. The lowest BCUT2D eigenvalue weighted by atomic mass is 10.0. The molecule has 1 aromatic rings. The van der Waals surface area contributed by atoms with Crippen LogP contribution in [0, 0.1) is 12.8 Å². The second kappa shape index (κ2) is 6.18. The van der Waals surface area contributed by atoms with E-state index in [2.05, 4.69) is 15.2 Å². The summed E-state index contributed by atoms with van der Waals surface area (Å²) < 4.78 is 9.47. The van der Waals surface area contributed by atoms with Gasteiger partial charge in [-0.2, -0.15) is 0 Å². The highest BCUT2D eigenvalue weighted by Gasteiger charge is 2.24. The first-order valence-electron chi connectivity index (χ1n) is 5.76. The lowest BCUT2D eigenvalue weighted by Crippen LogP contribution is -2.42. The summed E-state index contributed by atoms with van der Waals surface area (Å²) in [6.07, 6.45) is 0.509. The molecule has 0 bridgehead atoms. The van der Waals surface area contributed by atoms with Crippen molar-refractivity contribution in [2.75, 3.05) is 7.11 Å². The van der Waals surface area contributed by atoms with Crippen molar-refractivity contribution in [1.82, 2.24) is 10.5 Å². The minimum atomic E-state index is -0.667. The van der Waals surface area contributed by atoms with E-state index in [1.165, 1.54) is 13.2 Å². The van der Waals surface area contributed by atoms with E-state index in [-0.39, 0.29) is 11.6 Å². The smallest absolute Gasteiger partial charge is 0.328 e. The molecule has 1 aromatic heterocycles. The van der Waals surface area contributed by atoms with Gasteiger partial charge in [0.1, 0.15) is 11.8 Å². The van der Waals surface area contributed by atoms with Gasteiger partial charge in [0.2, 0.25) is 0 Å². The molecule has 18 heavy (non-hydrogen) atoms. The number of aromatic nitrogens is 1. The molecule has 0 saturated carbocycles. The van der Waals surface area contributed by atoms with Crippen molar-refractivity contribution in [3.05, 3.63) is 17.5 Å². The fourth-order valence-corrected chi connectivity index (χ4v) is 1.53. The Balaban J connectivity index is 2.71. The van der Waals surface area contributed by atoms with Gasteiger partial charge in [0.05, 0.1) is 7.11 Å². The molecule has 1 N–H and O–H groups in total. The Bertz CT molecular complexity index is 425. The molecule has 1 heterocycles. The minimum Gasteiger partial charge on any atom is -0.467 e. The maximum absolute atomic E-state index is 11.8. The largest absolute Gasteiger partial charge is 0.467 e. The van der Waals surface area contributed by atoms with Gasteiger partial charge >= 0.3 is 5.97 Å². The average Bonchev–Trinajstić information content (AvgIpc) is 2.73. The van der Waals surface area contributed by atoms with Gasteiger partial charge in [-0.05, 0) is 19.3 Å². The summed E-state index contributed by atoms with van der Waals surface area (Å²) in [5, 5.41) is 6.19. The van der Waals surface area contributed by atoms with Gasteiger partial charge in [-0.15, -0.1) is 0 Å². The fourth-order valence-electron chi connectivity index (χ4n) is 1.53. The first kappa shape index (κ1) is 14.2. The van der Waals surface area contributed by atoms with E-state index in [4.69, 9.17) is 4.52 Å². The second-order valence-corrected chi connectivity index (χ2v) is 4.50. The number of amides is 1. The van der Waals surface area contributed by atoms with Crippen LogP contribution in [0.4, 0.5) is 0 Å². The van der Waals surface area contributed by atoms with E-state index in [9.17, 15) is 9.59 Å². The summed E-state index contributed by atoms with van der Waals surface area (Å²) >= 11 is 0. The number of carbonyl (C=O) groups excluding carboxylic acids is 2. The first-order valence-corrected chi connectivity index (χ1v) is 5.76. The molecular formula is C12H18N2O4. The van der Waals surface area contributed by atoms with E-state index in [1.54, 1.807) is 6.92 Å². The molecule has 1 amide bonds. The Kier molecular flexibility index (Phi) is 4.88. The zero-order valence-electron chi connectivity index (χ0n) is 11.0. The Morgan fingerprint density at radius 3 is 2.61 bits per heavy atom. The van der Waals surface area contributed by atoms with E-state index in [1.807, 2.05) is 13.8 Å². The lowest BCUT2D eigenvalue weighted by molar-refractivity contribution is -0.143. The second-order valence-electron chi connectivity index (χ2n) is 4.50. The molecule has 0 aliphatic rings. The van der Waals surface area contributed by atoms with Crippen molar-refractivity contribution >= 4 is 11.9 Å². The molecular weight excluding hydrogens is 236 g/mol. The summed E-state index contributed by atoms with van der Waals surface area (Å²) in [5.41, 5.74) is 0.158. The number of esters is 1. The van der Waals surface area contributed by atoms with E-state index in [0.29, 0.717) is 12.2 Å². The zero-order chi connectivity index (χ0) is 13.7. The van der Waals surface area contributed by atoms with Crippen LogP contribution >= 0.6 is 0 Å². The summed E-state index contributed by atoms with van der Waals surface area (Å²) in [5.74, 6) is -0.104. The third kappa shape index (κ3) is 3.87. The average molecular weight is 254 g/mol. The number of nitrogens with zero attached hydrogens (tertiary/aromatic N) is 1. The van der Waals surface area contributed by atoms with Crippen molar-refractivity contribution in [2.45, 2.75) is 33.2 Å². The first-order chi connectivity index (χ1) is 8.43. The highest BCUT2D eigenvalue weighted by atomic mass is 16.5. The van der Waals surface area contributed by atoms with Crippen LogP contribution in [-0.2, 0) is 9.53 Å². The Labute approximate surface area is 106 Å². The van der Waals surface area contributed by atoms with Crippen LogP contribution in [0.15, 0.2) is 10.6 Å². The monoisotopic (exact) mass is 254 g/mol. The number of methoxy groups -OCH3 is 1. The molecule has 1 rings (SSSR count). The van der Waals surface area contributed by atoms with Gasteiger partial charge in [-0.25, -0.2) is 4.79 Å². The molecule has 6 heteroatoms. The van der Waals surface area contributed by atoms with Crippen LogP contribution in [0.2, 0.25) is 0 Å². The van der Waals surface area contributed by atoms with Gasteiger partial charge in [-0.1, -0.05) is 19.0 Å². The topological polar surface area (TPSA) is 81.4 Å². The predicted octanol–water partition coefficient (Wildman–Crippen LogP) is 1.30. The zero-order valence-corrected chi connectivity index (χ0v) is 11.0. The normalized spacial score (nSPS) is 12.3. The summed E-state index contributed by atoms with van der Waals surface area (Å²) in [6.45, 7) is 5.61. The van der Waals surface area contributed by atoms with Gasteiger partial charge < -0.3 is 14.6 Å². The van der Waals surface area contributed by atoms with E-state index < -0.39 is 17.9 Å². The van der Waals surface area contributed by atoms with Crippen LogP contribution in [0.1, 0.15) is 36.5 Å². The van der Waals surface area contributed by atoms with Gasteiger partial charge in [0.25, 0.3) is 5.91 Å². The number of hydrogen-bond acceptors (Lipinski definition) is 5. The van der Waals surface area contributed by atoms with Crippen molar-refractivity contribution in [3.8, 4) is 0 Å². The van der Waals surface area contributed by atoms with Crippen LogP contribution in [0.5, 0.6) is 0 Å². The Hall–Kier alpha value is -1.85. The number of aryl methyl sites for hydroxylation is 1. The summed E-state index contributed by atoms with van der Waals surface area (Å²) in [4.78, 5) is 23.4. The van der Waals surface area contributed by atoms with Gasteiger partial charge in [0.15, 0.2) is 5.69 Å². The molecule has 0 unspecified atom stereocenters. The maximum atomic E-state index is 11.8. The summed E-state index contributed by atoms with van der Waals surface area (Å²) in [7, 11) is 1.29. The molecule has 0 aliphatic heterocycles. The van der Waals surface area contributed by atoms with Crippen molar-refractivity contribution in [3.63, 3.8) is 0 Å². The Morgan fingerprint density at radius 2 is 2.17 bits per heavy atom. The van der Waals surface area contributed by atoms with Gasteiger partial charge in [-0.3, -0.25) is 4.79 Å². The number of hydrogen-bond donors (Lipinski definition) is 1. The molecule has 0 radical (unpaired) electrons. The van der Waals surface area contributed by atoms with Crippen molar-refractivity contribution < 1.29 is 18.8 Å². The van der Waals surface area contributed by atoms with Crippen LogP contribution < -0.4 is 5.32 Å². The quantitative estimate of drug-likeness (QED) is 0.801. The molecule has 1 atom stereocenters. The summed E-state index contributed by atoms with van der Waals surface area (Å²) in [6, 6.07) is 0.846. The number of nitrogens with one attached hydrogen (secondary N) is 1.